The Morgan fingerprint density at radius 3 is 2.81 bits per heavy atom. The Labute approximate surface area is 102 Å². The van der Waals surface area contributed by atoms with E-state index in [1.807, 2.05) is 6.08 Å². The van der Waals surface area contributed by atoms with Crippen LogP contribution in [0.3, 0.4) is 0 Å². The Bertz CT molecular complexity index is 342. The smallest absolute Gasteiger partial charge is 0.120 e. The van der Waals surface area contributed by atoms with E-state index in [1.165, 1.54) is 0 Å². The van der Waals surface area contributed by atoms with Crippen molar-refractivity contribution in [3.05, 3.63) is 36.4 Å². The fourth-order valence-corrected chi connectivity index (χ4v) is 1.41. The third kappa shape index (κ3) is 3.76. The average Bonchev–Trinajstić information content (AvgIpc) is 2.26. The highest BCUT2D eigenvalue weighted by molar-refractivity contribution is 5.85. The molecule has 0 saturated heterocycles. The summed E-state index contributed by atoms with van der Waals surface area (Å²) < 4.78 is 5.08. The van der Waals surface area contributed by atoms with Gasteiger partial charge in [-0.05, 0) is 31.0 Å². The van der Waals surface area contributed by atoms with Gasteiger partial charge in [0.1, 0.15) is 11.5 Å². The molecule has 1 aromatic carbocycles. The number of halogens is 1. The zero-order valence-electron chi connectivity index (χ0n) is 9.35. The van der Waals surface area contributed by atoms with Crippen molar-refractivity contribution in [3.8, 4) is 11.5 Å². The number of nitrogens with two attached hydrogens (primary N) is 1. The molecule has 0 saturated carbocycles. The largest absolute Gasteiger partial charge is 0.508 e. The number of phenolic OH excluding ortho intramolecular Hbond substituents is 1. The summed E-state index contributed by atoms with van der Waals surface area (Å²) in [6, 6.07) is 4.89. The van der Waals surface area contributed by atoms with Crippen LogP contribution >= 0.6 is 12.4 Å². The van der Waals surface area contributed by atoms with Crippen molar-refractivity contribution in [2.45, 2.75) is 18.9 Å². The first-order chi connectivity index (χ1) is 7.19. The number of hydrogen-bond donors (Lipinski definition) is 2. The number of hydrogen-bond acceptors (Lipinski definition) is 3. The van der Waals surface area contributed by atoms with Crippen LogP contribution in [0.4, 0.5) is 0 Å². The second-order valence-electron chi connectivity index (χ2n) is 3.40. The molecule has 90 valence electrons. The standard InChI is InChI=1S/C12H17NO2.ClH/c1-3-4-5-11(13)10-8-9(15-2)6-7-12(10)14;/h3,6-8,11,14H,1,4-5,13H2,2H3;1H/t11-;/m1./s1. The minimum absolute atomic E-state index is 0. The van der Waals surface area contributed by atoms with Crippen LogP contribution in [-0.4, -0.2) is 12.2 Å². The highest BCUT2D eigenvalue weighted by Crippen LogP contribution is 2.29. The Hall–Kier alpha value is -1.19. The third-order valence-corrected chi connectivity index (χ3v) is 2.32. The van der Waals surface area contributed by atoms with Crippen LogP contribution in [0.15, 0.2) is 30.9 Å². The lowest BCUT2D eigenvalue weighted by Crippen LogP contribution is -2.10. The summed E-state index contributed by atoms with van der Waals surface area (Å²) in [4.78, 5) is 0. The molecule has 0 fully saturated rings. The molecule has 4 heteroatoms. The van der Waals surface area contributed by atoms with E-state index in [-0.39, 0.29) is 24.2 Å². The molecule has 3 N–H and O–H groups in total. The SMILES string of the molecule is C=CCC[C@@H](N)c1cc(OC)ccc1O.Cl. The summed E-state index contributed by atoms with van der Waals surface area (Å²) >= 11 is 0. The van der Waals surface area contributed by atoms with Gasteiger partial charge in [-0.2, -0.15) is 0 Å². The molecule has 0 aliphatic heterocycles. The van der Waals surface area contributed by atoms with Gasteiger partial charge in [-0.25, -0.2) is 0 Å². The summed E-state index contributed by atoms with van der Waals surface area (Å²) in [5, 5.41) is 9.64. The number of aromatic hydroxyl groups is 1. The fourth-order valence-electron chi connectivity index (χ4n) is 1.41. The highest BCUT2D eigenvalue weighted by atomic mass is 35.5. The Balaban J connectivity index is 0.00000225. The molecule has 0 aromatic heterocycles. The predicted octanol–water partition coefficient (Wildman–Crippen LogP) is 2.79. The topological polar surface area (TPSA) is 55.5 Å². The van der Waals surface area contributed by atoms with Gasteiger partial charge in [0.15, 0.2) is 0 Å². The van der Waals surface area contributed by atoms with E-state index >= 15 is 0 Å². The van der Waals surface area contributed by atoms with Gasteiger partial charge in [-0.3, -0.25) is 0 Å². The van der Waals surface area contributed by atoms with E-state index in [9.17, 15) is 5.11 Å². The number of methoxy groups -OCH3 is 1. The van der Waals surface area contributed by atoms with E-state index in [1.54, 1.807) is 25.3 Å². The number of rotatable bonds is 5. The molecule has 0 heterocycles. The van der Waals surface area contributed by atoms with Gasteiger partial charge in [0.25, 0.3) is 0 Å². The summed E-state index contributed by atoms with van der Waals surface area (Å²) in [7, 11) is 1.59. The molecular weight excluding hydrogens is 226 g/mol. The maximum absolute atomic E-state index is 9.64. The van der Waals surface area contributed by atoms with Gasteiger partial charge in [0, 0.05) is 11.6 Å². The second kappa shape index (κ2) is 7.14. The van der Waals surface area contributed by atoms with E-state index in [2.05, 4.69) is 6.58 Å². The van der Waals surface area contributed by atoms with Gasteiger partial charge < -0.3 is 15.6 Å². The maximum atomic E-state index is 9.64. The molecule has 1 rings (SSSR count). The predicted molar refractivity (Wildman–Crippen MR) is 68.3 cm³/mol. The van der Waals surface area contributed by atoms with Crippen molar-refractivity contribution in [3.63, 3.8) is 0 Å². The van der Waals surface area contributed by atoms with Crippen LogP contribution in [0.25, 0.3) is 0 Å². The van der Waals surface area contributed by atoms with Crippen LogP contribution in [-0.2, 0) is 0 Å². The second-order valence-corrected chi connectivity index (χ2v) is 3.40. The molecule has 0 amide bonds. The van der Waals surface area contributed by atoms with Crippen LogP contribution < -0.4 is 10.5 Å². The van der Waals surface area contributed by atoms with Gasteiger partial charge in [-0.1, -0.05) is 6.08 Å². The van der Waals surface area contributed by atoms with E-state index in [4.69, 9.17) is 10.5 Å². The van der Waals surface area contributed by atoms with Crippen molar-refractivity contribution in [2.75, 3.05) is 7.11 Å². The van der Waals surface area contributed by atoms with Crippen molar-refractivity contribution >= 4 is 12.4 Å². The molecule has 0 aliphatic rings. The zero-order chi connectivity index (χ0) is 11.3. The number of allylic oxidation sites excluding steroid dienone is 1. The monoisotopic (exact) mass is 243 g/mol. The lowest BCUT2D eigenvalue weighted by Gasteiger charge is -2.13. The van der Waals surface area contributed by atoms with Crippen molar-refractivity contribution < 1.29 is 9.84 Å². The maximum Gasteiger partial charge on any atom is 0.120 e. The van der Waals surface area contributed by atoms with Crippen LogP contribution in [0.1, 0.15) is 24.4 Å². The van der Waals surface area contributed by atoms with E-state index in [0.717, 1.165) is 18.4 Å². The van der Waals surface area contributed by atoms with E-state index < -0.39 is 0 Å². The summed E-state index contributed by atoms with van der Waals surface area (Å²) in [5.41, 5.74) is 6.66. The first-order valence-electron chi connectivity index (χ1n) is 4.92. The third-order valence-electron chi connectivity index (χ3n) is 2.32. The molecule has 1 atom stereocenters. The molecule has 16 heavy (non-hydrogen) atoms. The normalized spacial score (nSPS) is 11.4. The van der Waals surface area contributed by atoms with Gasteiger partial charge in [-0.15, -0.1) is 19.0 Å². The Morgan fingerprint density at radius 2 is 2.25 bits per heavy atom. The minimum atomic E-state index is -0.182. The number of ether oxygens (including phenoxy) is 1. The molecule has 1 aromatic rings. The number of benzene rings is 1. The number of phenols is 1. The van der Waals surface area contributed by atoms with Gasteiger partial charge in [0.2, 0.25) is 0 Å². The van der Waals surface area contributed by atoms with Gasteiger partial charge in [0.05, 0.1) is 7.11 Å². The highest BCUT2D eigenvalue weighted by Gasteiger charge is 2.11. The molecule has 0 aliphatic carbocycles. The summed E-state index contributed by atoms with van der Waals surface area (Å²) in [6.45, 7) is 3.64. The Kier molecular flexibility index (Phi) is 6.61. The van der Waals surface area contributed by atoms with Crippen molar-refractivity contribution in [2.24, 2.45) is 5.73 Å². The van der Waals surface area contributed by atoms with E-state index in [0.29, 0.717) is 5.75 Å². The first kappa shape index (κ1) is 14.8. The molecular formula is C12H18ClNO2. The molecule has 0 radical (unpaired) electrons. The van der Waals surface area contributed by atoms with Crippen LogP contribution in [0, 0.1) is 0 Å². The average molecular weight is 244 g/mol. The summed E-state index contributed by atoms with van der Waals surface area (Å²) in [6.07, 6.45) is 3.42. The summed E-state index contributed by atoms with van der Waals surface area (Å²) in [5.74, 6) is 0.921. The van der Waals surface area contributed by atoms with Crippen molar-refractivity contribution in [1.82, 2.24) is 0 Å². The van der Waals surface area contributed by atoms with Gasteiger partial charge >= 0.3 is 0 Å². The molecule has 3 nitrogen and oxygen atoms in total. The first-order valence-corrected chi connectivity index (χ1v) is 4.92. The van der Waals surface area contributed by atoms with Crippen LogP contribution in [0.2, 0.25) is 0 Å². The Morgan fingerprint density at radius 1 is 1.56 bits per heavy atom. The fraction of sp³-hybridized carbons (Fsp3) is 0.333. The van der Waals surface area contributed by atoms with Crippen molar-refractivity contribution in [1.29, 1.82) is 0 Å². The quantitative estimate of drug-likeness (QED) is 0.782. The lowest BCUT2D eigenvalue weighted by molar-refractivity contribution is 0.409. The zero-order valence-corrected chi connectivity index (χ0v) is 10.2. The van der Waals surface area contributed by atoms with Crippen LogP contribution in [0.5, 0.6) is 11.5 Å². The molecule has 0 bridgehead atoms. The molecule has 0 unspecified atom stereocenters. The molecule has 0 spiro atoms. The lowest BCUT2D eigenvalue weighted by atomic mass is 10.0. The minimum Gasteiger partial charge on any atom is -0.508 e.